The molecule has 1 saturated heterocycles. The van der Waals surface area contributed by atoms with Gasteiger partial charge in [-0.15, -0.1) is 0 Å². The molecule has 5 heteroatoms. The topological polar surface area (TPSA) is 76.4 Å². The highest BCUT2D eigenvalue weighted by molar-refractivity contribution is 5.77. The lowest BCUT2D eigenvalue weighted by atomic mass is 9.82. The average molecular weight is 324 g/mol. The number of carbonyl (C=O) groups is 1. The smallest absolute Gasteiger partial charge is 0.137 e. The third-order valence-electron chi connectivity index (χ3n) is 4.91. The van der Waals surface area contributed by atoms with Crippen molar-refractivity contribution in [2.45, 2.75) is 32.0 Å². The van der Waals surface area contributed by atoms with Gasteiger partial charge in [0, 0.05) is 25.6 Å². The number of nitriles is 1. The van der Waals surface area contributed by atoms with E-state index in [0.29, 0.717) is 18.5 Å². The number of hydrogen-bond acceptors (Lipinski definition) is 5. The number of aliphatic hydroxyl groups is 1. The third-order valence-corrected chi connectivity index (χ3v) is 4.91. The fraction of sp³-hybridized carbons (Fsp3) is 0.421. The number of aliphatic hydroxyl groups excluding tert-OH is 1. The fourth-order valence-corrected chi connectivity index (χ4v) is 3.71. The largest absolute Gasteiger partial charge is 0.378 e. The lowest BCUT2D eigenvalue weighted by Gasteiger charge is -2.36. The Morgan fingerprint density at radius 2 is 2.33 bits per heavy atom. The molecule has 5 nitrogen and oxygen atoms in total. The highest BCUT2D eigenvalue weighted by atomic mass is 16.3. The van der Waals surface area contributed by atoms with Crippen LogP contribution in [0.15, 0.2) is 24.3 Å². The van der Waals surface area contributed by atoms with Crippen molar-refractivity contribution < 1.29 is 9.90 Å². The Kier molecular flexibility index (Phi) is 5.10. The molecule has 2 aliphatic heterocycles. The minimum absolute atomic E-state index is 0.129. The molecular formula is C19H22N3O2. The van der Waals surface area contributed by atoms with Gasteiger partial charge in [-0.1, -0.05) is 12.1 Å². The van der Waals surface area contributed by atoms with E-state index in [1.54, 1.807) is 0 Å². The first-order valence-electron chi connectivity index (χ1n) is 8.32. The third kappa shape index (κ3) is 3.13. The molecule has 0 aliphatic carbocycles. The fourth-order valence-electron chi connectivity index (χ4n) is 3.71. The zero-order valence-corrected chi connectivity index (χ0v) is 13.8. The molecular weight excluding hydrogens is 302 g/mol. The van der Waals surface area contributed by atoms with Crippen molar-refractivity contribution >= 4 is 11.9 Å². The van der Waals surface area contributed by atoms with Crippen LogP contribution in [0.5, 0.6) is 0 Å². The number of nitrogens with one attached hydrogen (secondary N) is 1. The second kappa shape index (κ2) is 7.27. The number of aldehydes is 1. The van der Waals surface area contributed by atoms with Crippen molar-refractivity contribution in [1.82, 2.24) is 10.2 Å². The van der Waals surface area contributed by atoms with Crippen LogP contribution in [0, 0.1) is 30.7 Å². The van der Waals surface area contributed by atoms with Crippen molar-refractivity contribution in [3.05, 3.63) is 47.5 Å². The van der Waals surface area contributed by atoms with Gasteiger partial charge in [-0.3, -0.25) is 4.90 Å². The zero-order valence-electron chi connectivity index (χ0n) is 13.8. The van der Waals surface area contributed by atoms with E-state index in [1.165, 1.54) is 0 Å². The number of nitrogens with zero attached hydrogens (tertiary/aromatic N) is 2. The summed E-state index contributed by atoms with van der Waals surface area (Å²) < 4.78 is 0. The number of benzene rings is 1. The molecule has 2 heterocycles. The summed E-state index contributed by atoms with van der Waals surface area (Å²) in [6.07, 6.45) is 4.09. The Balaban J connectivity index is 1.95. The van der Waals surface area contributed by atoms with Crippen molar-refractivity contribution in [2.24, 2.45) is 5.92 Å². The number of rotatable bonds is 4. The molecule has 0 saturated carbocycles. The highest BCUT2D eigenvalue weighted by Crippen LogP contribution is 2.35. The second-order valence-corrected chi connectivity index (χ2v) is 6.39. The van der Waals surface area contributed by atoms with Crippen LogP contribution >= 0.6 is 0 Å². The molecule has 1 aromatic rings. The minimum Gasteiger partial charge on any atom is -0.378 e. The maximum atomic E-state index is 11.8. The van der Waals surface area contributed by atoms with Crippen molar-refractivity contribution in [3.63, 3.8) is 0 Å². The number of hydrogen-bond donors (Lipinski definition) is 2. The Morgan fingerprint density at radius 1 is 1.50 bits per heavy atom. The molecule has 3 atom stereocenters. The van der Waals surface area contributed by atoms with Gasteiger partial charge in [-0.05, 0) is 48.6 Å². The molecule has 0 bridgehead atoms. The maximum Gasteiger partial charge on any atom is 0.137 e. The summed E-state index contributed by atoms with van der Waals surface area (Å²) in [7, 11) is 0. The van der Waals surface area contributed by atoms with Crippen molar-refractivity contribution in [2.75, 3.05) is 13.1 Å². The van der Waals surface area contributed by atoms with E-state index >= 15 is 0 Å². The zero-order chi connectivity index (χ0) is 17.1. The van der Waals surface area contributed by atoms with Crippen LogP contribution in [-0.4, -0.2) is 41.7 Å². The Hall–Kier alpha value is -2.00. The van der Waals surface area contributed by atoms with Crippen LogP contribution in [0.25, 0.3) is 5.57 Å². The lowest BCUT2D eigenvalue weighted by Crippen LogP contribution is -2.47. The molecule has 3 rings (SSSR count). The van der Waals surface area contributed by atoms with Crippen LogP contribution in [0.2, 0.25) is 0 Å². The van der Waals surface area contributed by atoms with Crippen molar-refractivity contribution in [3.8, 4) is 6.07 Å². The summed E-state index contributed by atoms with van der Waals surface area (Å²) in [6.45, 7) is 5.38. The molecule has 2 aliphatic rings. The summed E-state index contributed by atoms with van der Waals surface area (Å²) in [5.74, 6) is -0.129. The summed E-state index contributed by atoms with van der Waals surface area (Å²) in [4.78, 5) is 13.7. The van der Waals surface area contributed by atoms with Crippen LogP contribution in [0.4, 0.5) is 0 Å². The van der Waals surface area contributed by atoms with E-state index in [9.17, 15) is 9.90 Å². The average Bonchev–Trinajstić information content (AvgIpc) is 3.02. The van der Waals surface area contributed by atoms with E-state index in [0.717, 1.165) is 36.0 Å². The highest BCUT2D eigenvalue weighted by Gasteiger charge is 2.37. The first-order chi connectivity index (χ1) is 11.7. The summed E-state index contributed by atoms with van der Waals surface area (Å²) in [5, 5.41) is 22.4. The number of aryl methyl sites for hydroxylation is 1. The SMILES string of the molecule is Cc1cc(C#N)ccc1C1=CCN[CH][C@@H]1C(C=O)N1CCC[C@@H]1O. The second-order valence-electron chi connectivity index (χ2n) is 6.39. The van der Waals surface area contributed by atoms with Gasteiger partial charge in [-0.25, -0.2) is 0 Å². The van der Waals surface area contributed by atoms with Gasteiger partial charge in [0.25, 0.3) is 0 Å². The number of carbonyl (C=O) groups excluding carboxylic acids is 1. The van der Waals surface area contributed by atoms with Gasteiger partial charge in [-0.2, -0.15) is 5.26 Å². The van der Waals surface area contributed by atoms with Gasteiger partial charge >= 0.3 is 0 Å². The van der Waals surface area contributed by atoms with Crippen LogP contribution < -0.4 is 5.32 Å². The Labute approximate surface area is 142 Å². The Bertz CT molecular complexity index is 692. The normalized spacial score (nSPS) is 25.8. The van der Waals surface area contributed by atoms with Gasteiger partial charge in [0.1, 0.15) is 12.5 Å². The van der Waals surface area contributed by atoms with E-state index < -0.39 is 12.3 Å². The van der Waals surface area contributed by atoms with Crippen molar-refractivity contribution in [1.29, 1.82) is 5.26 Å². The maximum absolute atomic E-state index is 11.8. The number of likely N-dealkylation sites (tertiary alicyclic amines) is 1. The quantitative estimate of drug-likeness (QED) is 0.823. The molecule has 0 amide bonds. The van der Waals surface area contributed by atoms with Gasteiger partial charge in [0.2, 0.25) is 0 Å². The molecule has 1 fully saturated rings. The monoisotopic (exact) mass is 324 g/mol. The predicted octanol–water partition coefficient (Wildman–Crippen LogP) is 1.61. The summed E-state index contributed by atoms with van der Waals surface area (Å²) >= 11 is 0. The molecule has 1 aromatic carbocycles. The molecule has 1 radical (unpaired) electrons. The molecule has 1 unspecified atom stereocenters. The standard InChI is InChI=1S/C19H22N3O2/c1-13-9-14(10-20)4-5-15(13)16-6-7-21-11-17(16)18(12-23)22-8-2-3-19(22)24/h4-6,9,11-12,17-19,21,24H,2-3,7-8H2,1H3/t17-,18?,19-/m0/s1. The van der Waals surface area contributed by atoms with Crippen LogP contribution in [0.1, 0.15) is 29.5 Å². The molecule has 24 heavy (non-hydrogen) atoms. The van der Waals surface area contributed by atoms with Gasteiger partial charge < -0.3 is 15.2 Å². The molecule has 0 spiro atoms. The molecule has 125 valence electrons. The Morgan fingerprint density at radius 3 is 2.96 bits per heavy atom. The van der Waals surface area contributed by atoms with E-state index in [1.807, 2.05) is 36.6 Å². The van der Waals surface area contributed by atoms with Crippen LogP contribution in [0.3, 0.4) is 0 Å². The van der Waals surface area contributed by atoms with Gasteiger partial charge in [0.15, 0.2) is 0 Å². The van der Waals surface area contributed by atoms with E-state index in [4.69, 9.17) is 5.26 Å². The first kappa shape index (κ1) is 16.8. The van der Waals surface area contributed by atoms with E-state index in [-0.39, 0.29) is 5.92 Å². The lowest BCUT2D eigenvalue weighted by molar-refractivity contribution is -0.116. The summed E-state index contributed by atoms with van der Waals surface area (Å²) in [6, 6.07) is 7.40. The van der Waals surface area contributed by atoms with Gasteiger partial charge in [0.05, 0.1) is 17.7 Å². The minimum atomic E-state index is -0.557. The molecule has 0 aromatic heterocycles. The summed E-state index contributed by atoms with van der Waals surface area (Å²) in [5.41, 5.74) is 3.78. The van der Waals surface area contributed by atoms with E-state index in [2.05, 4.69) is 17.5 Å². The van der Waals surface area contributed by atoms with Crippen LogP contribution in [-0.2, 0) is 4.79 Å². The molecule has 2 N–H and O–H groups in total. The first-order valence-corrected chi connectivity index (χ1v) is 8.32. The predicted molar refractivity (Wildman–Crippen MR) is 91.5 cm³/mol.